The van der Waals surface area contributed by atoms with Crippen LogP contribution in [0.5, 0.6) is 0 Å². The van der Waals surface area contributed by atoms with Gasteiger partial charge in [0.05, 0.1) is 6.54 Å². The fourth-order valence-electron chi connectivity index (χ4n) is 4.90. The molecule has 178 valence electrons. The number of hydrogen-bond donors (Lipinski definition) is 1. The summed E-state index contributed by atoms with van der Waals surface area (Å²) in [6, 6.07) is 16.7. The minimum atomic E-state index is 0.0608. The van der Waals surface area contributed by atoms with Crippen LogP contribution in [0, 0.1) is 12.8 Å². The maximum atomic E-state index is 12.7. The molecule has 2 aliphatic rings. The van der Waals surface area contributed by atoms with Crippen molar-refractivity contribution >= 4 is 11.6 Å². The molecule has 0 unspecified atom stereocenters. The normalized spacial score (nSPS) is 17.3. The molecule has 1 N–H and O–H groups in total. The average Bonchev–Trinajstić information content (AvgIpc) is 3.56. The maximum Gasteiger partial charge on any atom is 0.241 e. The van der Waals surface area contributed by atoms with E-state index in [1.807, 2.05) is 12.1 Å². The second-order valence-electron chi connectivity index (χ2n) is 9.51. The van der Waals surface area contributed by atoms with Gasteiger partial charge in [-0.1, -0.05) is 41.1 Å². The molecule has 0 bridgehead atoms. The largest absolute Gasteiger partial charge is 0.372 e. The second kappa shape index (κ2) is 10.4. The first-order chi connectivity index (χ1) is 16.6. The predicted octanol–water partition coefficient (Wildman–Crippen LogP) is 4.17. The first-order valence-electron chi connectivity index (χ1n) is 12.4. The van der Waals surface area contributed by atoms with Gasteiger partial charge in [0, 0.05) is 36.8 Å². The highest BCUT2D eigenvalue weighted by Gasteiger charge is 2.26. The smallest absolute Gasteiger partial charge is 0.241 e. The van der Waals surface area contributed by atoms with E-state index < -0.39 is 0 Å². The summed E-state index contributed by atoms with van der Waals surface area (Å²) >= 11 is 0. The Balaban J connectivity index is 1.06. The average molecular weight is 460 g/mol. The Labute approximate surface area is 201 Å². The molecule has 0 saturated carbocycles. The molecule has 3 heterocycles. The molecular weight excluding hydrogens is 426 g/mol. The summed E-state index contributed by atoms with van der Waals surface area (Å²) in [4.78, 5) is 22.0. The highest BCUT2D eigenvalue weighted by Crippen LogP contribution is 2.22. The van der Waals surface area contributed by atoms with Gasteiger partial charge >= 0.3 is 0 Å². The molecule has 1 amide bonds. The minimum absolute atomic E-state index is 0.0608. The van der Waals surface area contributed by atoms with Crippen LogP contribution in [0.2, 0.25) is 0 Å². The maximum absolute atomic E-state index is 12.7. The van der Waals surface area contributed by atoms with Gasteiger partial charge < -0.3 is 14.7 Å². The molecule has 2 saturated heterocycles. The monoisotopic (exact) mass is 459 g/mol. The molecule has 0 radical (unpaired) electrons. The van der Waals surface area contributed by atoms with E-state index in [9.17, 15) is 4.79 Å². The van der Waals surface area contributed by atoms with Crippen molar-refractivity contribution in [1.29, 1.82) is 0 Å². The molecule has 5 rings (SSSR count). The van der Waals surface area contributed by atoms with Crippen molar-refractivity contribution in [3.8, 4) is 11.4 Å². The van der Waals surface area contributed by atoms with Gasteiger partial charge in [-0.2, -0.15) is 4.98 Å². The predicted molar refractivity (Wildman–Crippen MR) is 132 cm³/mol. The van der Waals surface area contributed by atoms with Gasteiger partial charge in [0.25, 0.3) is 0 Å². The van der Waals surface area contributed by atoms with Crippen LogP contribution in [0.25, 0.3) is 11.4 Å². The van der Waals surface area contributed by atoms with Crippen LogP contribution in [-0.2, 0) is 17.9 Å². The van der Waals surface area contributed by atoms with Crippen molar-refractivity contribution in [3.05, 3.63) is 65.5 Å². The van der Waals surface area contributed by atoms with E-state index in [-0.39, 0.29) is 11.8 Å². The third-order valence-electron chi connectivity index (χ3n) is 6.94. The molecule has 0 aliphatic carbocycles. The van der Waals surface area contributed by atoms with Crippen molar-refractivity contribution in [1.82, 2.24) is 20.4 Å². The summed E-state index contributed by atoms with van der Waals surface area (Å²) in [6.45, 7) is 7.26. The number of benzene rings is 2. The van der Waals surface area contributed by atoms with E-state index in [1.54, 1.807) is 0 Å². The molecule has 0 spiro atoms. The van der Waals surface area contributed by atoms with E-state index >= 15 is 0 Å². The van der Waals surface area contributed by atoms with Gasteiger partial charge in [-0.3, -0.25) is 9.69 Å². The van der Waals surface area contributed by atoms with Crippen LogP contribution >= 0.6 is 0 Å². The van der Waals surface area contributed by atoms with Gasteiger partial charge in [0.15, 0.2) is 0 Å². The Morgan fingerprint density at radius 1 is 1.06 bits per heavy atom. The Hall–Kier alpha value is -3.19. The van der Waals surface area contributed by atoms with Gasteiger partial charge in [0.2, 0.25) is 17.6 Å². The molecule has 2 aromatic carbocycles. The number of aromatic nitrogens is 2. The number of anilines is 1. The van der Waals surface area contributed by atoms with E-state index in [1.165, 1.54) is 24.1 Å². The van der Waals surface area contributed by atoms with Gasteiger partial charge in [-0.25, -0.2) is 0 Å². The van der Waals surface area contributed by atoms with Crippen molar-refractivity contribution in [2.45, 2.75) is 45.7 Å². The third-order valence-corrected chi connectivity index (χ3v) is 6.94. The van der Waals surface area contributed by atoms with Gasteiger partial charge in [-0.15, -0.1) is 0 Å². The third kappa shape index (κ3) is 5.47. The summed E-state index contributed by atoms with van der Waals surface area (Å²) < 4.78 is 5.48. The molecular formula is C27H33N5O2. The number of likely N-dealkylation sites (tertiary alicyclic amines) is 1. The standard InChI is InChI=1S/C27H33N5O2/c1-20-5-4-6-23(17-20)26-29-25(34-30-26)19-31-15-11-22(12-16-31)27(33)28-18-21-7-9-24(10-8-21)32-13-2-3-14-32/h4-10,17,22H,2-3,11-16,18-19H2,1H3,(H,28,33). The zero-order valence-electron chi connectivity index (χ0n) is 19.9. The first-order valence-corrected chi connectivity index (χ1v) is 12.4. The highest BCUT2D eigenvalue weighted by molar-refractivity contribution is 5.78. The van der Waals surface area contributed by atoms with Crippen molar-refractivity contribution in [3.63, 3.8) is 0 Å². The van der Waals surface area contributed by atoms with E-state index in [2.05, 4.69) is 68.6 Å². The molecule has 0 atom stereocenters. The van der Waals surface area contributed by atoms with Crippen molar-refractivity contribution in [2.75, 3.05) is 31.1 Å². The fourth-order valence-corrected chi connectivity index (χ4v) is 4.90. The molecule has 7 nitrogen and oxygen atoms in total. The highest BCUT2D eigenvalue weighted by atomic mass is 16.5. The summed E-state index contributed by atoms with van der Waals surface area (Å²) in [5.74, 6) is 1.46. The molecule has 1 aromatic heterocycles. The Bertz CT molecular complexity index is 1100. The molecule has 3 aromatic rings. The molecule has 2 aliphatic heterocycles. The lowest BCUT2D eigenvalue weighted by Gasteiger charge is -2.30. The fraction of sp³-hybridized carbons (Fsp3) is 0.444. The molecule has 7 heteroatoms. The minimum Gasteiger partial charge on any atom is -0.372 e. The Morgan fingerprint density at radius 2 is 1.82 bits per heavy atom. The Morgan fingerprint density at radius 3 is 2.56 bits per heavy atom. The molecule has 2 fully saturated rings. The van der Waals surface area contributed by atoms with Crippen LogP contribution < -0.4 is 10.2 Å². The summed E-state index contributed by atoms with van der Waals surface area (Å²) in [5, 5.41) is 7.27. The van der Waals surface area contributed by atoms with Gasteiger partial charge in [-0.05, 0) is 69.5 Å². The second-order valence-corrected chi connectivity index (χ2v) is 9.51. The van der Waals surface area contributed by atoms with Crippen molar-refractivity contribution < 1.29 is 9.32 Å². The van der Waals surface area contributed by atoms with E-state index in [0.29, 0.717) is 24.8 Å². The number of carbonyl (C=O) groups excluding carboxylic acids is 1. The number of rotatable bonds is 7. The van der Waals surface area contributed by atoms with E-state index in [4.69, 9.17) is 4.52 Å². The van der Waals surface area contributed by atoms with Crippen LogP contribution in [0.3, 0.4) is 0 Å². The van der Waals surface area contributed by atoms with Crippen molar-refractivity contribution in [2.24, 2.45) is 5.92 Å². The van der Waals surface area contributed by atoms with Crippen LogP contribution in [0.15, 0.2) is 53.1 Å². The summed E-state index contributed by atoms with van der Waals surface area (Å²) in [6.07, 6.45) is 4.25. The van der Waals surface area contributed by atoms with Crippen LogP contribution in [-0.4, -0.2) is 47.1 Å². The topological polar surface area (TPSA) is 74.5 Å². The van der Waals surface area contributed by atoms with Crippen LogP contribution in [0.4, 0.5) is 5.69 Å². The number of piperidine rings is 1. The van der Waals surface area contributed by atoms with Gasteiger partial charge in [0.1, 0.15) is 0 Å². The lowest BCUT2D eigenvalue weighted by atomic mass is 9.96. The quantitative estimate of drug-likeness (QED) is 0.572. The summed E-state index contributed by atoms with van der Waals surface area (Å²) in [5.41, 5.74) is 4.57. The zero-order chi connectivity index (χ0) is 23.3. The SMILES string of the molecule is Cc1cccc(-c2noc(CN3CCC(C(=O)NCc4ccc(N5CCCC5)cc4)CC3)n2)c1. The number of nitrogens with one attached hydrogen (secondary N) is 1. The lowest BCUT2D eigenvalue weighted by Crippen LogP contribution is -2.40. The first kappa shape index (κ1) is 22.6. The zero-order valence-corrected chi connectivity index (χ0v) is 19.9. The summed E-state index contributed by atoms with van der Waals surface area (Å²) in [7, 11) is 0. The Kier molecular flexibility index (Phi) is 6.90. The lowest BCUT2D eigenvalue weighted by molar-refractivity contribution is -0.126. The van der Waals surface area contributed by atoms with Crippen LogP contribution in [0.1, 0.15) is 42.7 Å². The molecule has 34 heavy (non-hydrogen) atoms. The number of aryl methyl sites for hydroxylation is 1. The number of hydrogen-bond acceptors (Lipinski definition) is 6. The number of nitrogens with zero attached hydrogens (tertiary/aromatic N) is 4. The number of amides is 1. The number of carbonyl (C=O) groups is 1. The van der Waals surface area contributed by atoms with E-state index in [0.717, 1.165) is 50.1 Å².